The minimum Gasteiger partial charge on any atom is -0.508 e. The molecule has 2 nitrogen and oxygen atoms in total. The van der Waals surface area contributed by atoms with E-state index in [0.29, 0.717) is 13.0 Å². The van der Waals surface area contributed by atoms with Gasteiger partial charge < -0.3 is 10.4 Å². The Labute approximate surface area is 89.1 Å². The molecule has 1 fully saturated rings. The zero-order valence-electron chi connectivity index (χ0n) is 8.83. The number of aromatic hydroxyl groups is 1. The van der Waals surface area contributed by atoms with Gasteiger partial charge >= 0.3 is 0 Å². The van der Waals surface area contributed by atoms with Crippen LogP contribution in [0.2, 0.25) is 0 Å². The predicted octanol–water partition coefficient (Wildman–Crippen LogP) is 2.54. The number of benzene rings is 1. The number of rotatable bonds is 1. The summed E-state index contributed by atoms with van der Waals surface area (Å²) in [6.45, 7) is 1.97. The van der Waals surface area contributed by atoms with Crippen LogP contribution in [0, 0.1) is 0 Å². The highest BCUT2D eigenvalue weighted by molar-refractivity contribution is 5.34. The summed E-state index contributed by atoms with van der Waals surface area (Å²) < 4.78 is 13.5. The number of hydrogen-bond acceptors (Lipinski definition) is 2. The summed E-state index contributed by atoms with van der Waals surface area (Å²) >= 11 is 0. The standard InChI is InChI=1S/C12H16FNO/c1-12(13)7-6-10(14-8-12)9-4-2-3-5-11(9)15/h2-5,10,14-15H,6-8H2,1H3. The smallest absolute Gasteiger partial charge is 0.120 e. The van der Waals surface area contributed by atoms with Crippen molar-refractivity contribution in [2.24, 2.45) is 0 Å². The molecule has 3 heteroatoms. The van der Waals surface area contributed by atoms with E-state index < -0.39 is 5.67 Å². The molecule has 0 spiro atoms. The Morgan fingerprint density at radius 3 is 2.80 bits per heavy atom. The maximum absolute atomic E-state index is 13.5. The van der Waals surface area contributed by atoms with E-state index in [4.69, 9.17) is 0 Å². The normalized spacial score (nSPS) is 31.5. The highest BCUT2D eigenvalue weighted by atomic mass is 19.1. The van der Waals surface area contributed by atoms with E-state index in [1.165, 1.54) is 0 Å². The predicted molar refractivity (Wildman–Crippen MR) is 57.6 cm³/mol. The number of piperidine rings is 1. The molecule has 0 saturated carbocycles. The fourth-order valence-electron chi connectivity index (χ4n) is 2.02. The van der Waals surface area contributed by atoms with Crippen molar-refractivity contribution >= 4 is 0 Å². The topological polar surface area (TPSA) is 32.3 Å². The third kappa shape index (κ3) is 2.29. The van der Waals surface area contributed by atoms with Gasteiger partial charge in [0.05, 0.1) is 0 Å². The number of halogens is 1. The van der Waals surface area contributed by atoms with Crippen molar-refractivity contribution < 1.29 is 9.50 Å². The molecule has 1 heterocycles. The maximum Gasteiger partial charge on any atom is 0.120 e. The Morgan fingerprint density at radius 1 is 1.47 bits per heavy atom. The van der Waals surface area contributed by atoms with E-state index in [9.17, 15) is 9.50 Å². The van der Waals surface area contributed by atoms with Crippen molar-refractivity contribution in [3.8, 4) is 5.75 Å². The van der Waals surface area contributed by atoms with Crippen LogP contribution in [0.15, 0.2) is 24.3 Å². The van der Waals surface area contributed by atoms with Crippen LogP contribution in [-0.2, 0) is 0 Å². The van der Waals surface area contributed by atoms with Crippen molar-refractivity contribution in [3.63, 3.8) is 0 Å². The summed E-state index contributed by atoms with van der Waals surface area (Å²) in [6, 6.07) is 7.31. The van der Waals surface area contributed by atoms with Gasteiger partial charge in [-0.2, -0.15) is 0 Å². The first-order valence-corrected chi connectivity index (χ1v) is 5.29. The third-order valence-electron chi connectivity index (χ3n) is 2.98. The zero-order valence-corrected chi connectivity index (χ0v) is 8.83. The number of nitrogens with one attached hydrogen (secondary N) is 1. The third-order valence-corrected chi connectivity index (χ3v) is 2.98. The lowest BCUT2D eigenvalue weighted by molar-refractivity contribution is 0.124. The van der Waals surface area contributed by atoms with Crippen molar-refractivity contribution in [2.75, 3.05) is 6.54 Å². The van der Waals surface area contributed by atoms with E-state index in [1.807, 2.05) is 12.1 Å². The van der Waals surface area contributed by atoms with Crippen molar-refractivity contribution in [2.45, 2.75) is 31.5 Å². The van der Waals surface area contributed by atoms with Crippen LogP contribution in [0.3, 0.4) is 0 Å². The number of alkyl halides is 1. The lowest BCUT2D eigenvalue weighted by Gasteiger charge is -2.32. The largest absolute Gasteiger partial charge is 0.508 e. The number of para-hydroxylation sites is 1. The van der Waals surface area contributed by atoms with Crippen molar-refractivity contribution in [1.29, 1.82) is 0 Å². The minimum atomic E-state index is -1.11. The number of phenols is 1. The number of phenolic OH excluding ortho intramolecular Hbond substituents is 1. The second-order valence-electron chi connectivity index (χ2n) is 4.44. The van der Waals surface area contributed by atoms with E-state index >= 15 is 0 Å². The maximum atomic E-state index is 13.5. The molecule has 1 aromatic carbocycles. The van der Waals surface area contributed by atoms with Crippen LogP contribution in [0.25, 0.3) is 0 Å². The van der Waals surface area contributed by atoms with Crippen molar-refractivity contribution in [3.05, 3.63) is 29.8 Å². The Morgan fingerprint density at radius 2 is 2.20 bits per heavy atom. The molecule has 0 bridgehead atoms. The van der Waals surface area contributed by atoms with Crippen molar-refractivity contribution in [1.82, 2.24) is 5.32 Å². The highest BCUT2D eigenvalue weighted by Gasteiger charge is 2.31. The summed E-state index contributed by atoms with van der Waals surface area (Å²) in [6.07, 6.45) is 1.27. The van der Waals surface area contributed by atoms with Gasteiger partial charge in [0.2, 0.25) is 0 Å². The first kappa shape index (κ1) is 10.4. The Bertz CT molecular complexity index is 341. The fraction of sp³-hybridized carbons (Fsp3) is 0.500. The molecule has 0 aliphatic carbocycles. The summed E-state index contributed by atoms with van der Waals surface area (Å²) in [4.78, 5) is 0. The van der Waals surface area contributed by atoms with Crippen LogP contribution in [0.4, 0.5) is 4.39 Å². The molecule has 1 aromatic rings. The highest BCUT2D eigenvalue weighted by Crippen LogP contribution is 2.33. The Kier molecular flexibility index (Phi) is 2.65. The van der Waals surface area contributed by atoms with Crippen LogP contribution in [0.1, 0.15) is 31.4 Å². The first-order chi connectivity index (χ1) is 7.08. The van der Waals surface area contributed by atoms with E-state index in [2.05, 4.69) is 5.32 Å². The molecule has 82 valence electrons. The average Bonchev–Trinajstić information content (AvgIpc) is 2.19. The lowest BCUT2D eigenvalue weighted by atomic mass is 9.90. The lowest BCUT2D eigenvalue weighted by Crippen LogP contribution is -2.41. The molecule has 2 atom stereocenters. The molecule has 1 aliphatic heterocycles. The second kappa shape index (κ2) is 3.81. The molecule has 2 unspecified atom stereocenters. The van der Waals surface area contributed by atoms with Crippen LogP contribution in [0.5, 0.6) is 5.75 Å². The molecular formula is C12H16FNO. The van der Waals surface area contributed by atoms with E-state index in [-0.39, 0.29) is 11.8 Å². The molecule has 1 saturated heterocycles. The van der Waals surface area contributed by atoms with Gasteiger partial charge in [-0.1, -0.05) is 18.2 Å². The Balaban J connectivity index is 2.11. The molecule has 0 amide bonds. The molecule has 1 aliphatic rings. The molecule has 2 N–H and O–H groups in total. The molecule has 0 radical (unpaired) electrons. The molecule has 2 rings (SSSR count). The fourth-order valence-corrected chi connectivity index (χ4v) is 2.02. The van der Waals surface area contributed by atoms with E-state index in [0.717, 1.165) is 12.0 Å². The first-order valence-electron chi connectivity index (χ1n) is 5.29. The summed E-state index contributed by atoms with van der Waals surface area (Å²) in [7, 11) is 0. The second-order valence-corrected chi connectivity index (χ2v) is 4.44. The van der Waals surface area contributed by atoms with E-state index in [1.54, 1.807) is 19.1 Å². The number of hydrogen-bond donors (Lipinski definition) is 2. The molecule has 15 heavy (non-hydrogen) atoms. The van der Waals surface area contributed by atoms with Gasteiger partial charge in [0.25, 0.3) is 0 Å². The van der Waals surface area contributed by atoms with Crippen LogP contribution in [-0.4, -0.2) is 17.3 Å². The van der Waals surface area contributed by atoms with Gasteiger partial charge in [0.1, 0.15) is 11.4 Å². The minimum absolute atomic E-state index is 0.0787. The van der Waals surface area contributed by atoms with Gasteiger partial charge in [-0.25, -0.2) is 4.39 Å². The van der Waals surface area contributed by atoms with Gasteiger partial charge in [0.15, 0.2) is 0 Å². The van der Waals surface area contributed by atoms with Gasteiger partial charge in [-0.3, -0.25) is 0 Å². The summed E-state index contributed by atoms with van der Waals surface area (Å²) in [5, 5.41) is 12.8. The summed E-state index contributed by atoms with van der Waals surface area (Å²) in [5.41, 5.74) is -0.242. The monoisotopic (exact) mass is 209 g/mol. The summed E-state index contributed by atoms with van der Waals surface area (Å²) in [5.74, 6) is 0.289. The van der Waals surface area contributed by atoms with Gasteiger partial charge in [-0.05, 0) is 25.8 Å². The quantitative estimate of drug-likeness (QED) is 0.745. The van der Waals surface area contributed by atoms with Crippen LogP contribution >= 0.6 is 0 Å². The zero-order chi connectivity index (χ0) is 10.9. The molecular weight excluding hydrogens is 193 g/mol. The Hall–Kier alpha value is -1.09. The van der Waals surface area contributed by atoms with Gasteiger partial charge in [0, 0.05) is 18.2 Å². The van der Waals surface area contributed by atoms with Crippen LogP contribution < -0.4 is 5.32 Å². The SMILES string of the molecule is CC1(F)CCC(c2ccccc2O)NC1. The average molecular weight is 209 g/mol. The van der Waals surface area contributed by atoms with Gasteiger partial charge in [-0.15, -0.1) is 0 Å². The molecule has 0 aromatic heterocycles.